The highest BCUT2D eigenvalue weighted by atomic mass is 16.7. The second-order valence-electron chi connectivity index (χ2n) is 8.80. The minimum Gasteiger partial charge on any atom is -0.454 e. The first kappa shape index (κ1) is 16.9. The van der Waals surface area contributed by atoms with Gasteiger partial charge in [0.1, 0.15) is 0 Å². The fourth-order valence-electron chi connectivity index (χ4n) is 5.92. The number of benzene rings is 1. The molecule has 1 heterocycles. The zero-order valence-corrected chi connectivity index (χ0v) is 15.5. The molecule has 4 fully saturated rings. The Morgan fingerprint density at radius 1 is 1.07 bits per heavy atom. The summed E-state index contributed by atoms with van der Waals surface area (Å²) in [4.78, 5) is 25.5. The molecule has 6 nitrogen and oxygen atoms in total. The first-order valence-corrected chi connectivity index (χ1v) is 9.92. The molecule has 5 aliphatic rings. The van der Waals surface area contributed by atoms with Crippen LogP contribution < -0.4 is 14.8 Å². The average molecular weight is 371 g/mol. The average Bonchev–Trinajstić information content (AvgIpc) is 3.08. The predicted molar refractivity (Wildman–Crippen MR) is 97.4 cm³/mol. The molecule has 4 bridgehead atoms. The maximum Gasteiger partial charge on any atom is 0.312 e. The van der Waals surface area contributed by atoms with Crippen molar-refractivity contribution in [1.29, 1.82) is 0 Å². The van der Waals surface area contributed by atoms with Gasteiger partial charge in [0.2, 0.25) is 6.79 Å². The summed E-state index contributed by atoms with van der Waals surface area (Å²) in [6.07, 6.45) is 5.80. The van der Waals surface area contributed by atoms with Gasteiger partial charge in [-0.15, -0.1) is 0 Å². The molecule has 0 unspecified atom stereocenters. The fourth-order valence-corrected chi connectivity index (χ4v) is 5.92. The first-order chi connectivity index (χ1) is 13.0. The molecule has 144 valence electrons. The zero-order chi connectivity index (χ0) is 18.6. The van der Waals surface area contributed by atoms with Crippen LogP contribution in [0, 0.1) is 23.2 Å². The van der Waals surface area contributed by atoms with Crippen LogP contribution in [0.25, 0.3) is 0 Å². The number of esters is 1. The Morgan fingerprint density at radius 2 is 1.70 bits per heavy atom. The van der Waals surface area contributed by atoms with Crippen LogP contribution >= 0.6 is 0 Å². The molecule has 1 amide bonds. The van der Waals surface area contributed by atoms with Crippen LogP contribution in [0.4, 0.5) is 5.69 Å². The summed E-state index contributed by atoms with van der Waals surface area (Å²) < 4.78 is 16.3. The standard InChI is InChI=1S/C21H25NO5/c1-12(19(23)22-16-2-3-17-18(7-16)26-11-25-17)27-20(24)21-8-13-4-14(9-21)6-15(5-13)10-21/h2-3,7,12-15H,4-6,8-11H2,1H3,(H,22,23)/t12-,13?,14?,15?,21?/m1/s1. The van der Waals surface area contributed by atoms with Crippen LogP contribution in [0.15, 0.2) is 18.2 Å². The number of carbonyl (C=O) groups excluding carboxylic acids is 2. The summed E-state index contributed by atoms with van der Waals surface area (Å²) in [5.41, 5.74) is 0.254. The molecule has 27 heavy (non-hydrogen) atoms. The Hall–Kier alpha value is -2.24. The van der Waals surface area contributed by atoms with Gasteiger partial charge in [-0.25, -0.2) is 0 Å². The molecule has 1 atom stereocenters. The van der Waals surface area contributed by atoms with E-state index < -0.39 is 6.10 Å². The van der Waals surface area contributed by atoms with Crippen LogP contribution in [0.3, 0.4) is 0 Å². The van der Waals surface area contributed by atoms with Gasteiger partial charge in [-0.2, -0.15) is 0 Å². The van der Waals surface area contributed by atoms with E-state index in [1.165, 1.54) is 19.3 Å². The van der Waals surface area contributed by atoms with Crippen molar-refractivity contribution < 1.29 is 23.8 Å². The lowest BCUT2D eigenvalue weighted by atomic mass is 9.49. The number of hydrogen-bond acceptors (Lipinski definition) is 5. The van der Waals surface area contributed by atoms with Crippen molar-refractivity contribution in [3.05, 3.63) is 18.2 Å². The van der Waals surface area contributed by atoms with Gasteiger partial charge in [0.25, 0.3) is 5.91 Å². The highest BCUT2D eigenvalue weighted by Crippen LogP contribution is 2.60. The molecule has 0 saturated heterocycles. The molecule has 1 aromatic carbocycles. The Kier molecular flexibility index (Phi) is 3.85. The third kappa shape index (κ3) is 2.95. The highest BCUT2D eigenvalue weighted by molar-refractivity contribution is 5.95. The maximum atomic E-state index is 13.0. The molecule has 6 rings (SSSR count). The van der Waals surface area contributed by atoms with E-state index in [2.05, 4.69) is 5.32 Å². The predicted octanol–water partition coefficient (Wildman–Crippen LogP) is 3.50. The van der Waals surface area contributed by atoms with Gasteiger partial charge in [0.05, 0.1) is 5.41 Å². The monoisotopic (exact) mass is 371 g/mol. The van der Waals surface area contributed by atoms with Crippen LogP contribution in [0.1, 0.15) is 45.4 Å². The van der Waals surface area contributed by atoms with E-state index >= 15 is 0 Å². The molecular formula is C21H25NO5. The number of ether oxygens (including phenoxy) is 3. The van der Waals surface area contributed by atoms with Crippen molar-refractivity contribution in [3.63, 3.8) is 0 Å². The summed E-state index contributed by atoms with van der Waals surface area (Å²) >= 11 is 0. The molecule has 0 aromatic heterocycles. The van der Waals surface area contributed by atoms with Gasteiger partial charge in [-0.3, -0.25) is 9.59 Å². The van der Waals surface area contributed by atoms with Gasteiger partial charge in [-0.1, -0.05) is 0 Å². The third-order valence-corrected chi connectivity index (χ3v) is 6.76. The fraction of sp³-hybridized carbons (Fsp3) is 0.619. The van der Waals surface area contributed by atoms with Crippen molar-refractivity contribution in [1.82, 2.24) is 0 Å². The summed E-state index contributed by atoms with van der Waals surface area (Å²) in [6, 6.07) is 5.22. The molecular weight excluding hydrogens is 346 g/mol. The first-order valence-electron chi connectivity index (χ1n) is 9.92. The summed E-state index contributed by atoms with van der Waals surface area (Å²) in [6.45, 7) is 1.83. The normalized spacial score (nSPS) is 33.6. The molecule has 1 aromatic rings. The molecule has 1 aliphatic heterocycles. The van der Waals surface area contributed by atoms with Crippen LogP contribution in [-0.4, -0.2) is 24.8 Å². The summed E-state index contributed by atoms with van der Waals surface area (Å²) in [5, 5.41) is 2.80. The van der Waals surface area contributed by atoms with E-state index in [1.54, 1.807) is 25.1 Å². The topological polar surface area (TPSA) is 73.9 Å². The number of carbonyl (C=O) groups is 2. The smallest absolute Gasteiger partial charge is 0.312 e. The van der Waals surface area contributed by atoms with E-state index in [0.717, 1.165) is 19.3 Å². The number of amides is 1. The second-order valence-corrected chi connectivity index (χ2v) is 8.80. The maximum absolute atomic E-state index is 13.0. The van der Waals surface area contributed by atoms with Crippen molar-refractivity contribution >= 4 is 17.6 Å². The van der Waals surface area contributed by atoms with Crippen LogP contribution in [-0.2, 0) is 14.3 Å². The van der Waals surface area contributed by atoms with E-state index in [9.17, 15) is 9.59 Å². The molecule has 0 radical (unpaired) electrons. The Balaban J connectivity index is 1.23. The van der Waals surface area contributed by atoms with Crippen LogP contribution in [0.5, 0.6) is 11.5 Å². The molecule has 4 aliphatic carbocycles. The van der Waals surface area contributed by atoms with Crippen LogP contribution in [0.2, 0.25) is 0 Å². The van der Waals surface area contributed by atoms with Gasteiger partial charge in [0, 0.05) is 11.8 Å². The lowest BCUT2D eigenvalue weighted by molar-refractivity contribution is -0.177. The second kappa shape index (κ2) is 6.14. The van der Waals surface area contributed by atoms with Gasteiger partial charge >= 0.3 is 5.97 Å². The van der Waals surface area contributed by atoms with Crippen molar-refractivity contribution in [2.75, 3.05) is 12.1 Å². The minimum absolute atomic E-state index is 0.171. The van der Waals surface area contributed by atoms with Crippen molar-refractivity contribution in [3.8, 4) is 11.5 Å². The Morgan fingerprint density at radius 3 is 2.37 bits per heavy atom. The number of anilines is 1. The van der Waals surface area contributed by atoms with E-state index in [1.807, 2.05) is 0 Å². The highest BCUT2D eigenvalue weighted by Gasteiger charge is 2.55. The lowest BCUT2D eigenvalue weighted by Crippen LogP contribution is -2.51. The Bertz CT molecular complexity index is 753. The molecule has 6 heteroatoms. The SMILES string of the molecule is C[C@@H](OC(=O)C12CC3CC(CC(C3)C1)C2)C(=O)Nc1ccc2c(c1)OCO2. The number of fused-ring (bicyclic) bond motifs is 1. The van der Waals surface area contributed by atoms with Crippen molar-refractivity contribution in [2.45, 2.75) is 51.6 Å². The minimum atomic E-state index is -0.823. The van der Waals surface area contributed by atoms with Gasteiger partial charge in [-0.05, 0) is 75.3 Å². The van der Waals surface area contributed by atoms with E-state index in [0.29, 0.717) is 34.9 Å². The van der Waals surface area contributed by atoms with E-state index in [4.69, 9.17) is 14.2 Å². The summed E-state index contributed by atoms with van der Waals surface area (Å²) in [7, 11) is 0. The quantitative estimate of drug-likeness (QED) is 0.820. The molecule has 4 saturated carbocycles. The molecule has 1 N–H and O–H groups in total. The Labute approximate surface area is 158 Å². The lowest BCUT2D eigenvalue weighted by Gasteiger charge is -2.55. The number of rotatable bonds is 4. The zero-order valence-electron chi connectivity index (χ0n) is 15.5. The van der Waals surface area contributed by atoms with Crippen molar-refractivity contribution in [2.24, 2.45) is 23.2 Å². The van der Waals surface area contributed by atoms with Gasteiger partial charge < -0.3 is 19.5 Å². The van der Waals surface area contributed by atoms with E-state index in [-0.39, 0.29) is 24.1 Å². The number of hydrogen-bond donors (Lipinski definition) is 1. The molecule has 0 spiro atoms. The number of nitrogens with one attached hydrogen (secondary N) is 1. The summed E-state index contributed by atoms with van der Waals surface area (Å²) in [5.74, 6) is 2.77. The van der Waals surface area contributed by atoms with Gasteiger partial charge in [0.15, 0.2) is 17.6 Å². The third-order valence-electron chi connectivity index (χ3n) is 6.76. The largest absolute Gasteiger partial charge is 0.454 e.